The molecule has 0 unspecified atom stereocenters. The van der Waals surface area contributed by atoms with Crippen LogP contribution < -0.4 is 0 Å². The third-order valence-corrected chi connectivity index (χ3v) is 7.11. The lowest BCUT2D eigenvalue weighted by molar-refractivity contribution is -0.139. The van der Waals surface area contributed by atoms with Crippen molar-refractivity contribution in [3.63, 3.8) is 0 Å². The Balaban J connectivity index is 1.64. The summed E-state index contributed by atoms with van der Waals surface area (Å²) in [6, 6.07) is 0. The number of aromatic nitrogens is 4. The minimum Gasteiger partial charge on any atom is -0.465 e. The van der Waals surface area contributed by atoms with Crippen molar-refractivity contribution in [1.29, 1.82) is 0 Å². The molecule has 3 heterocycles. The summed E-state index contributed by atoms with van der Waals surface area (Å²) >= 11 is 3.23. The van der Waals surface area contributed by atoms with Crippen molar-refractivity contribution in [1.82, 2.24) is 19.6 Å². The van der Waals surface area contributed by atoms with Crippen LogP contribution in [0.3, 0.4) is 0 Å². The third kappa shape index (κ3) is 2.70. The van der Waals surface area contributed by atoms with Gasteiger partial charge in [0.2, 0.25) is 0 Å². The number of thiophene rings is 1. The van der Waals surface area contributed by atoms with Gasteiger partial charge in [0.1, 0.15) is 10.7 Å². The van der Waals surface area contributed by atoms with Crippen LogP contribution >= 0.6 is 23.1 Å². The fraction of sp³-hybridized carbons (Fsp3) is 0.556. The second-order valence-electron chi connectivity index (χ2n) is 6.87. The van der Waals surface area contributed by atoms with Gasteiger partial charge in [0, 0.05) is 10.8 Å². The van der Waals surface area contributed by atoms with Gasteiger partial charge in [-0.15, -0.1) is 21.5 Å². The zero-order valence-electron chi connectivity index (χ0n) is 14.7. The van der Waals surface area contributed by atoms with Crippen LogP contribution in [0.15, 0.2) is 5.16 Å². The molecule has 0 aliphatic heterocycles. The van der Waals surface area contributed by atoms with Crippen molar-refractivity contribution >= 4 is 44.9 Å². The summed E-state index contributed by atoms with van der Waals surface area (Å²) in [6.45, 7) is 2.22. The molecule has 0 amide bonds. The Kier molecular flexibility index (Phi) is 4.12. The van der Waals surface area contributed by atoms with Gasteiger partial charge in [-0.05, 0) is 51.0 Å². The lowest BCUT2D eigenvalue weighted by Gasteiger charge is -2.11. The number of ether oxygens (including phenoxy) is 1. The van der Waals surface area contributed by atoms with Gasteiger partial charge in [-0.2, -0.15) is 0 Å². The normalized spacial score (nSPS) is 17.0. The molecule has 3 aromatic heterocycles. The second kappa shape index (κ2) is 6.49. The molecule has 0 bridgehead atoms. The van der Waals surface area contributed by atoms with E-state index in [2.05, 4.69) is 14.6 Å². The van der Waals surface area contributed by atoms with Crippen LogP contribution in [0.2, 0.25) is 0 Å². The van der Waals surface area contributed by atoms with Gasteiger partial charge in [0.15, 0.2) is 10.8 Å². The number of rotatable bonds is 5. The van der Waals surface area contributed by atoms with E-state index in [1.165, 1.54) is 53.3 Å². The molecule has 2 aliphatic rings. The fourth-order valence-corrected chi connectivity index (χ4v) is 5.69. The minimum atomic E-state index is -0.218. The number of carbonyl (C=O) groups is 1. The highest BCUT2D eigenvalue weighted by molar-refractivity contribution is 7.99. The molecule has 8 heteroatoms. The average molecular weight is 389 g/mol. The van der Waals surface area contributed by atoms with Crippen LogP contribution in [-0.4, -0.2) is 37.9 Å². The third-order valence-electron chi connectivity index (χ3n) is 5.02. The molecule has 6 nitrogen and oxygen atoms in total. The zero-order valence-corrected chi connectivity index (χ0v) is 16.3. The summed E-state index contributed by atoms with van der Waals surface area (Å²) in [5.74, 6) is 1.57. The first-order chi connectivity index (χ1) is 12.8. The first-order valence-corrected chi connectivity index (χ1v) is 11.0. The summed E-state index contributed by atoms with van der Waals surface area (Å²) in [7, 11) is 0. The Morgan fingerprint density at radius 1 is 1.31 bits per heavy atom. The highest BCUT2D eigenvalue weighted by Crippen LogP contribution is 2.44. The van der Waals surface area contributed by atoms with Crippen molar-refractivity contribution in [2.24, 2.45) is 0 Å². The molecule has 136 valence electrons. The summed E-state index contributed by atoms with van der Waals surface area (Å²) < 4.78 is 7.15. The monoisotopic (exact) mass is 388 g/mol. The number of carbonyl (C=O) groups excluding carboxylic acids is 1. The summed E-state index contributed by atoms with van der Waals surface area (Å²) in [4.78, 5) is 19.4. The van der Waals surface area contributed by atoms with E-state index >= 15 is 0 Å². The first kappa shape index (κ1) is 16.5. The van der Waals surface area contributed by atoms with Crippen LogP contribution in [0.4, 0.5) is 0 Å². The predicted molar refractivity (Wildman–Crippen MR) is 102 cm³/mol. The van der Waals surface area contributed by atoms with Crippen molar-refractivity contribution in [2.75, 3.05) is 12.4 Å². The number of hydrogen-bond donors (Lipinski definition) is 0. The maximum absolute atomic E-state index is 11.8. The van der Waals surface area contributed by atoms with Crippen LogP contribution in [-0.2, 0) is 22.4 Å². The van der Waals surface area contributed by atoms with Gasteiger partial charge in [-0.1, -0.05) is 11.8 Å². The smallest absolute Gasteiger partial charge is 0.316 e. The van der Waals surface area contributed by atoms with Gasteiger partial charge in [-0.25, -0.2) is 4.98 Å². The average Bonchev–Trinajstić information content (AvgIpc) is 3.30. The van der Waals surface area contributed by atoms with E-state index in [4.69, 9.17) is 9.72 Å². The molecule has 5 rings (SSSR count). The summed E-state index contributed by atoms with van der Waals surface area (Å²) in [6.07, 6.45) is 7.08. The maximum Gasteiger partial charge on any atom is 0.316 e. The SMILES string of the molecule is CCOC(=O)CSc1nnc2c3c4c(sc3nc(C3CC3)n12)CCCC4. The molecule has 3 aromatic rings. The molecule has 26 heavy (non-hydrogen) atoms. The molecule has 0 spiro atoms. The number of hydrogen-bond acceptors (Lipinski definition) is 7. The van der Waals surface area contributed by atoms with Crippen molar-refractivity contribution in [3.8, 4) is 0 Å². The molecular formula is C18H20N4O2S2. The quantitative estimate of drug-likeness (QED) is 0.490. The van der Waals surface area contributed by atoms with Crippen LogP contribution in [0.25, 0.3) is 15.9 Å². The Morgan fingerprint density at radius 2 is 2.15 bits per heavy atom. The highest BCUT2D eigenvalue weighted by Gasteiger charge is 2.32. The number of thioether (sulfide) groups is 1. The van der Waals surface area contributed by atoms with E-state index in [0.717, 1.165) is 34.3 Å². The van der Waals surface area contributed by atoms with Crippen molar-refractivity contribution in [2.45, 2.75) is 56.5 Å². The van der Waals surface area contributed by atoms with E-state index in [-0.39, 0.29) is 11.7 Å². The van der Waals surface area contributed by atoms with Gasteiger partial charge in [0.25, 0.3) is 0 Å². The van der Waals surface area contributed by atoms with Gasteiger partial charge in [-0.3, -0.25) is 9.20 Å². The molecule has 0 N–H and O–H groups in total. The number of aryl methyl sites for hydroxylation is 2. The molecule has 1 fully saturated rings. The Morgan fingerprint density at radius 3 is 2.96 bits per heavy atom. The molecule has 0 aromatic carbocycles. The number of esters is 1. The first-order valence-electron chi connectivity index (χ1n) is 9.24. The topological polar surface area (TPSA) is 69.4 Å². The van der Waals surface area contributed by atoms with E-state index in [1.807, 2.05) is 18.3 Å². The van der Waals surface area contributed by atoms with Crippen molar-refractivity contribution < 1.29 is 9.53 Å². The maximum atomic E-state index is 11.8. The van der Waals surface area contributed by atoms with Gasteiger partial charge >= 0.3 is 5.97 Å². The lowest BCUT2D eigenvalue weighted by atomic mass is 9.97. The molecule has 0 radical (unpaired) electrons. The van der Waals surface area contributed by atoms with Crippen LogP contribution in [0.1, 0.15) is 54.8 Å². The fourth-order valence-electron chi connectivity index (χ4n) is 3.69. The second-order valence-corrected chi connectivity index (χ2v) is 8.90. The zero-order chi connectivity index (χ0) is 17.7. The standard InChI is InChI=1S/C18H20N4O2S2/c1-2-24-13(23)9-25-18-21-20-16-14-11-5-3-4-6-12(11)26-17(14)19-15(22(16)18)10-7-8-10/h10H,2-9H2,1H3. The Labute approximate surface area is 159 Å². The van der Waals surface area contributed by atoms with E-state index in [9.17, 15) is 4.79 Å². The van der Waals surface area contributed by atoms with E-state index in [1.54, 1.807) is 0 Å². The van der Waals surface area contributed by atoms with Crippen LogP contribution in [0.5, 0.6) is 0 Å². The largest absolute Gasteiger partial charge is 0.465 e. The predicted octanol–water partition coefficient (Wildman–Crippen LogP) is 3.75. The number of fused-ring (bicyclic) bond motifs is 5. The van der Waals surface area contributed by atoms with Gasteiger partial charge in [0.05, 0.1) is 17.7 Å². The minimum absolute atomic E-state index is 0.218. The molecule has 0 saturated heterocycles. The molecule has 1 saturated carbocycles. The summed E-state index contributed by atoms with van der Waals surface area (Å²) in [5.41, 5.74) is 2.34. The highest BCUT2D eigenvalue weighted by atomic mass is 32.2. The van der Waals surface area contributed by atoms with E-state index < -0.39 is 0 Å². The summed E-state index contributed by atoms with van der Waals surface area (Å²) in [5, 5.41) is 10.9. The van der Waals surface area contributed by atoms with E-state index in [0.29, 0.717) is 12.5 Å². The molecule has 2 aliphatic carbocycles. The molecule has 0 atom stereocenters. The number of nitrogens with zero attached hydrogens (tertiary/aromatic N) is 4. The Hall–Kier alpha value is -1.67. The Bertz CT molecular complexity index is 1010. The van der Waals surface area contributed by atoms with Crippen LogP contribution in [0, 0.1) is 0 Å². The van der Waals surface area contributed by atoms with Crippen molar-refractivity contribution in [3.05, 3.63) is 16.3 Å². The molecular weight excluding hydrogens is 368 g/mol. The van der Waals surface area contributed by atoms with Gasteiger partial charge < -0.3 is 4.74 Å². The lowest BCUT2D eigenvalue weighted by Crippen LogP contribution is -2.08.